The number of aliphatic hydroxyl groups excluding tert-OH is 2. The maximum Gasteiger partial charge on any atom is 0.271 e. The Labute approximate surface area is 224 Å². The van der Waals surface area contributed by atoms with E-state index in [2.05, 4.69) is 16.0 Å². The van der Waals surface area contributed by atoms with Crippen LogP contribution in [-0.4, -0.2) is 64.2 Å². The molecule has 11 nitrogen and oxygen atoms in total. The highest BCUT2D eigenvalue weighted by Crippen LogP contribution is 2.20. The van der Waals surface area contributed by atoms with Gasteiger partial charge < -0.3 is 26.2 Å². The summed E-state index contributed by atoms with van der Waals surface area (Å²) >= 11 is 0. The summed E-state index contributed by atoms with van der Waals surface area (Å²) in [5.41, 5.74) is -0.651. The van der Waals surface area contributed by atoms with Crippen molar-refractivity contribution in [2.75, 3.05) is 13.2 Å². The lowest BCUT2D eigenvalue weighted by Crippen LogP contribution is -2.46. The number of nitro groups is 1. The standard InChI is InChI=1S/C27H44N4O7/c1-15(2)8-22(24(33)9-18(7)25(34)28-13-16(3)4)29-26(35)19-10-20(12-21(11-19)31(37)38)27(36)30-23(14-32)17(5)6/h10-12,15-18,22-24,32-33H,8-9,13-14H2,1-7H3,(H,28,34)(H,29,35)(H,30,36). The average Bonchev–Trinajstić information content (AvgIpc) is 2.83. The lowest BCUT2D eigenvalue weighted by molar-refractivity contribution is -0.384. The van der Waals surface area contributed by atoms with Crippen molar-refractivity contribution in [3.8, 4) is 0 Å². The first kappa shape index (κ1) is 33.0. The summed E-state index contributed by atoms with van der Waals surface area (Å²) in [6, 6.07) is 2.09. The fourth-order valence-corrected chi connectivity index (χ4v) is 3.84. The Morgan fingerprint density at radius 3 is 1.82 bits per heavy atom. The average molecular weight is 537 g/mol. The van der Waals surface area contributed by atoms with Crippen molar-refractivity contribution >= 4 is 23.4 Å². The number of non-ortho nitro benzene ring substituents is 1. The van der Waals surface area contributed by atoms with Crippen LogP contribution in [0.1, 0.15) is 82.0 Å². The number of benzene rings is 1. The Balaban J connectivity index is 3.15. The summed E-state index contributed by atoms with van der Waals surface area (Å²) in [5.74, 6) is -1.74. The van der Waals surface area contributed by atoms with Crippen molar-refractivity contribution in [1.82, 2.24) is 16.0 Å². The molecule has 0 aliphatic heterocycles. The molecule has 0 bridgehead atoms. The third kappa shape index (κ3) is 10.7. The van der Waals surface area contributed by atoms with Crippen LogP contribution >= 0.6 is 0 Å². The predicted molar refractivity (Wildman–Crippen MR) is 145 cm³/mol. The first-order chi connectivity index (χ1) is 17.7. The molecule has 1 rings (SSSR count). The lowest BCUT2D eigenvalue weighted by Gasteiger charge is -2.27. The molecule has 5 N–H and O–H groups in total. The van der Waals surface area contributed by atoms with E-state index >= 15 is 0 Å². The second kappa shape index (κ2) is 15.4. The molecule has 0 heterocycles. The first-order valence-electron chi connectivity index (χ1n) is 13.1. The largest absolute Gasteiger partial charge is 0.394 e. The lowest BCUT2D eigenvalue weighted by atomic mass is 9.92. The topological polar surface area (TPSA) is 171 Å². The second-order valence-electron chi connectivity index (χ2n) is 11.1. The maximum atomic E-state index is 13.2. The highest BCUT2D eigenvalue weighted by atomic mass is 16.6. The summed E-state index contributed by atoms with van der Waals surface area (Å²) in [4.78, 5) is 49.2. The van der Waals surface area contributed by atoms with Crippen LogP contribution in [0.4, 0.5) is 5.69 Å². The van der Waals surface area contributed by atoms with E-state index in [0.29, 0.717) is 13.0 Å². The van der Waals surface area contributed by atoms with Crippen molar-refractivity contribution in [3.63, 3.8) is 0 Å². The molecule has 38 heavy (non-hydrogen) atoms. The molecule has 3 amide bonds. The van der Waals surface area contributed by atoms with Gasteiger partial charge in [0.1, 0.15) is 0 Å². The van der Waals surface area contributed by atoms with Crippen LogP contribution in [-0.2, 0) is 4.79 Å². The number of hydrogen-bond acceptors (Lipinski definition) is 7. The molecule has 4 atom stereocenters. The Hall–Kier alpha value is -3.05. The van der Waals surface area contributed by atoms with Gasteiger partial charge in [-0.15, -0.1) is 0 Å². The van der Waals surface area contributed by atoms with E-state index in [1.807, 2.05) is 41.5 Å². The summed E-state index contributed by atoms with van der Waals surface area (Å²) in [7, 11) is 0. The van der Waals surface area contributed by atoms with Crippen molar-refractivity contribution in [3.05, 3.63) is 39.4 Å². The third-order valence-electron chi connectivity index (χ3n) is 6.20. The number of nitrogens with one attached hydrogen (secondary N) is 3. The van der Waals surface area contributed by atoms with Gasteiger partial charge in [0.05, 0.1) is 29.7 Å². The van der Waals surface area contributed by atoms with Crippen molar-refractivity contribution < 1.29 is 29.5 Å². The van der Waals surface area contributed by atoms with Gasteiger partial charge in [-0.25, -0.2) is 0 Å². The first-order valence-corrected chi connectivity index (χ1v) is 13.1. The number of amides is 3. The van der Waals surface area contributed by atoms with Crippen LogP contribution in [0.3, 0.4) is 0 Å². The van der Waals surface area contributed by atoms with E-state index in [4.69, 9.17) is 0 Å². The zero-order valence-electron chi connectivity index (χ0n) is 23.5. The Kier molecular flexibility index (Phi) is 13.4. The zero-order valence-corrected chi connectivity index (χ0v) is 23.5. The summed E-state index contributed by atoms with van der Waals surface area (Å²) in [5, 5.41) is 40.2. The number of carbonyl (C=O) groups is 3. The van der Waals surface area contributed by atoms with Gasteiger partial charge in [-0.2, -0.15) is 0 Å². The van der Waals surface area contributed by atoms with Crippen LogP contribution in [0.15, 0.2) is 18.2 Å². The van der Waals surface area contributed by atoms with E-state index in [9.17, 15) is 34.7 Å². The van der Waals surface area contributed by atoms with Crippen LogP contribution in [0, 0.1) is 33.8 Å². The number of rotatable bonds is 15. The molecular formula is C27H44N4O7. The number of aliphatic hydroxyl groups is 2. The van der Waals surface area contributed by atoms with Gasteiger partial charge in [-0.1, -0.05) is 48.5 Å². The van der Waals surface area contributed by atoms with Crippen LogP contribution in [0.2, 0.25) is 0 Å². The molecular weight excluding hydrogens is 492 g/mol. The van der Waals surface area contributed by atoms with Crippen molar-refractivity contribution in [2.24, 2.45) is 23.7 Å². The second-order valence-corrected chi connectivity index (χ2v) is 11.1. The molecule has 0 saturated carbocycles. The third-order valence-corrected chi connectivity index (χ3v) is 6.20. The smallest absolute Gasteiger partial charge is 0.271 e. The predicted octanol–water partition coefficient (Wildman–Crippen LogP) is 2.65. The van der Waals surface area contributed by atoms with Gasteiger partial charge in [-0.3, -0.25) is 24.5 Å². The van der Waals surface area contributed by atoms with Gasteiger partial charge >= 0.3 is 0 Å². The molecule has 0 saturated heterocycles. The van der Waals surface area contributed by atoms with Gasteiger partial charge in [0, 0.05) is 35.7 Å². The molecule has 0 aliphatic rings. The Morgan fingerprint density at radius 2 is 1.39 bits per heavy atom. The van der Waals surface area contributed by atoms with E-state index in [-0.39, 0.29) is 47.8 Å². The Morgan fingerprint density at radius 1 is 0.868 bits per heavy atom. The summed E-state index contributed by atoms with van der Waals surface area (Å²) < 4.78 is 0. The maximum absolute atomic E-state index is 13.2. The molecule has 0 aliphatic carbocycles. The number of nitro benzene ring substituents is 1. The molecule has 0 aromatic heterocycles. The van der Waals surface area contributed by atoms with E-state index in [1.165, 1.54) is 6.07 Å². The van der Waals surface area contributed by atoms with Crippen molar-refractivity contribution in [1.29, 1.82) is 0 Å². The number of nitrogens with zero attached hydrogens (tertiary/aromatic N) is 1. The molecule has 0 radical (unpaired) electrons. The van der Waals surface area contributed by atoms with Crippen LogP contribution in [0.25, 0.3) is 0 Å². The van der Waals surface area contributed by atoms with E-state index in [0.717, 1.165) is 12.1 Å². The van der Waals surface area contributed by atoms with Crippen LogP contribution < -0.4 is 16.0 Å². The minimum atomic E-state index is -1.04. The molecule has 1 aromatic carbocycles. The Bertz CT molecular complexity index is 965. The van der Waals surface area contributed by atoms with Gasteiger partial charge in [0.15, 0.2) is 0 Å². The van der Waals surface area contributed by atoms with Crippen LogP contribution in [0.5, 0.6) is 0 Å². The highest BCUT2D eigenvalue weighted by Gasteiger charge is 2.28. The van der Waals surface area contributed by atoms with Crippen molar-refractivity contribution in [2.45, 2.75) is 79.5 Å². The fourth-order valence-electron chi connectivity index (χ4n) is 3.84. The number of hydrogen-bond donors (Lipinski definition) is 5. The molecule has 0 fully saturated rings. The van der Waals surface area contributed by atoms with Gasteiger partial charge in [-0.05, 0) is 36.7 Å². The highest BCUT2D eigenvalue weighted by molar-refractivity contribution is 6.01. The molecule has 4 unspecified atom stereocenters. The minimum Gasteiger partial charge on any atom is -0.394 e. The zero-order chi connectivity index (χ0) is 29.2. The molecule has 214 valence electrons. The van der Waals surface area contributed by atoms with Gasteiger partial charge in [0.2, 0.25) is 5.91 Å². The normalized spacial score (nSPS) is 14.6. The quantitative estimate of drug-likeness (QED) is 0.169. The summed E-state index contributed by atoms with van der Waals surface area (Å²) in [6.45, 7) is 13.3. The molecule has 11 heteroatoms. The monoisotopic (exact) mass is 536 g/mol. The number of carbonyl (C=O) groups excluding carboxylic acids is 3. The molecule has 1 aromatic rings. The summed E-state index contributed by atoms with van der Waals surface area (Å²) in [6.07, 6.45) is -0.525. The SMILES string of the molecule is CC(C)CNC(=O)C(C)CC(O)C(CC(C)C)NC(=O)c1cc(C(=O)NC(CO)C(C)C)cc([N+](=O)[O-])c1. The fraction of sp³-hybridized carbons (Fsp3) is 0.667. The van der Waals surface area contributed by atoms with E-state index in [1.54, 1.807) is 6.92 Å². The van der Waals surface area contributed by atoms with Gasteiger partial charge in [0.25, 0.3) is 17.5 Å². The van der Waals surface area contributed by atoms with E-state index < -0.39 is 46.5 Å². The minimum absolute atomic E-state index is 0.0847. The molecule has 0 spiro atoms.